The maximum Gasteiger partial charge on any atom is 0.143 e. The van der Waals surface area contributed by atoms with E-state index in [0.717, 1.165) is 12.0 Å². The van der Waals surface area contributed by atoms with E-state index in [1.807, 2.05) is 6.07 Å². The summed E-state index contributed by atoms with van der Waals surface area (Å²) >= 11 is 0. The Hall–Kier alpha value is -0.920. The van der Waals surface area contributed by atoms with Crippen molar-refractivity contribution in [3.8, 4) is 0 Å². The lowest BCUT2D eigenvalue weighted by Crippen LogP contribution is -1.97. The van der Waals surface area contributed by atoms with Crippen molar-refractivity contribution in [3.63, 3.8) is 0 Å². The minimum absolute atomic E-state index is 0.474. The second-order valence-corrected chi connectivity index (χ2v) is 3.92. The highest BCUT2D eigenvalue weighted by Crippen LogP contribution is 2.36. The Bertz CT molecular complexity index is 320. The molecule has 0 saturated carbocycles. The van der Waals surface area contributed by atoms with Crippen LogP contribution in [-0.2, 0) is 6.42 Å². The summed E-state index contributed by atoms with van der Waals surface area (Å²) in [6.07, 6.45) is 2.38. The van der Waals surface area contributed by atoms with E-state index in [9.17, 15) is 4.39 Å². The molecule has 0 bridgehead atoms. The quantitative estimate of drug-likeness (QED) is 0.645. The molecule has 70 valence electrons. The summed E-state index contributed by atoms with van der Waals surface area (Å²) in [6, 6.07) is 2.02. The van der Waals surface area contributed by atoms with Gasteiger partial charge in [0, 0.05) is 6.20 Å². The molecule has 0 fully saturated rings. The maximum atomic E-state index is 13.3. The zero-order chi connectivity index (χ0) is 9.42. The fourth-order valence-corrected chi connectivity index (χ4v) is 2.02. The average molecular weight is 179 g/mol. The highest BCUT2D eigenvalue weighted by molar-refractivity contribution is 5.36. The molecule has 13 heavy (non-hydrogen) atoms. The molecule has 0 aliphatic heterocycles. The SMILES string of the molecule is CC(C)c1ccnc2c1CCC2F. The Balaban J connectivity index is 2.51. The number of hydrogen-bond donors (Lipinski definition) is 0. The van der Waals surface area contributed by atoms with Crippen molar-refractivity contribution in [2.24, 2.45) is 0 Å². The minimum atomic E-state index is -0.825. The molecule has 0 radical (unpaired) electrons. The van der Waals surface area contributed by atoms with Crippen molar-refractivity contribution in [2.75, 3.05) is 0 Å². The van der Waals surface area contributed by atoms with Gasteiger partial charge < -0.3 is 0 Å². The summed E-state index contributed by atoms with van der Waals surface area (Å²) in [7, 11) is 0. The van der Waals surface area contributed by atoms with Gasteiger partial charge in [0.2, 0.25) is 0 Å². The van der Waals surface area contributed by atoms with Crippen LogP contribution in [-0.4, -0.2) is 4.98 Å². The topological polar surface area (TPSA) is 12.9 Å². The largest absolute Gasteiger partial charge is 0.258 e. The van der Waals surface area contributed by atoms with Crippen molar-refractivity contribution >= 4 is 0 Å². The van der Waals surface area contributed by atoms with Gasteiger partial charge in [-0.1, -0.05) is 13.8 Å². The van der Waals surface area contributed by atoms with Gasteiger partial charge in [0.25, 0.3) is 0 Å². The number of nitrogens with zero attached hydrogens (tertiary/aromatic N) is 1. The lowest BCUT2D eigenvalue weighted by atomic mass is 9.98. The van der Waals surface area contributed by atoms with Crippen LogP contribution in [0.1, 0.15) is 49.2 Å². The van der Waals surface area contributed by atoms with E-state index in [2.05, 4.69) is 18.8 Å². The van der Waals surface area contributed by atoms with Crippen molar-refractivity contribution < 1.29 is 4.39 Å². The Labute approximate surface area is 78.0 Å². The predicted octanol–water partition coefficient (Wildman–Crippen LogP) is 3.16. The van der Waals surface area contributed by atoms with Crippen molar-refractivity contribution in [1.82, 2.24) is 4.98 Å². The molecule has 1 unspecified atom stereocenters. The molecule has 0 aromatic carbocycles. The standard InChI is InChI=1S/C11H14FN/c1-7(2)8-5-6-13-11-9(8)3-4-10(11)12/h5-7,10H,3-4H2,1-2H3. The summed E-state index contributed by atoms with van der Waals surface area (Å²) < 4.78 is 13.3. The first-order chi connectivity index (χ1) is 6.20. The number of fused-ring (bicyclic) bond motifs is 1. The van der Waals surface area contributed by atoms with Crippen molar-refractivity contribution in [1.29, 1.82) is 0 Å². The van der Waals surface area contributed by atoms with Gasteiger partial charge in [-0.3, -0.25) is 4.98 Å². The molecule has 2 heteroatoms. The fourth-order valence-electron chi connectivity index (χ4n) is 2.02. The smallest absolute Gasteiger partial charge is 0.143 e. The van der Waals surface area contributed by atoms with Gasteiger partial charge in [-0.05, 0) is 36.0 Å². The third-order valence-corrected chi connectivity index (χ3v) is 2.69. The third-order valence-electron chi connectivity index (χ3n) is 2.69. The summed E-state index contributed by atoms with van der Waals surface area (Å²) in [6.45, 7) is 4.28. The first-order valence-electron chi connectivity index (χ1n) is 4.82. The highest BCUT2D eigenvalue weighted by atomic mass is 19.1. The molecule has 0 amide bonds. The molecule has 1 aliphatic rings. The van der Waals surface area contributed by atoms with E-state index in [-0.39, 0.29) is 0 Å². The molecule has 0 N–H and O–H groups in total. The van der Waals surface area contributed by atoms with Crippen LogP contribution >= 0.6 is 0 Å². The van der Waals surface area contributed by atoms with Crippen LogP contribution in [0.4, 0.5) is 4.39 Å². The number of aromatic nitrogens is 1. The summed E-state index contributed by atoms with van der Waals surface area (Å²) in [4.78, 5) is 4.11. The van der Waals surface area contributed by atoms with Crippen LogP contribution < -0.4 is 0 Å². The van der Waals surface area contributed by atoms with Gasteiger partial charge in [0.05, 0.1) is 5.69 Å². The fraction of sp³-hybridized carbons (Fsp3) is 0.545. The Kier molecular flexibility index (Phi) is 2.06. The van der Waals surface area contributed by atoms with Crippen LogP contribution in [0.5, 0.6) is 0 Å². The molecule has 1 heterocycles. The van der Waals surface area contributed by atoms with E-state index < -0.39 is 6.17 Å². The monoisotopic (exact) mass is 179 g/mol. The molecule has 0 saturated heterocycles. The van der Waals surface area contributed by atoms with Crippen LogP contribution in [0.3, 0.4) is 0 Å². The molecule has 1 aromatic heterocycles. The summed E-state index contributed by atoms with van der Waals surface area (Å²) in [5, 5.41) is 0. The number of pyridine rings is 1. The molecule has 1 nitrogen and oxygen atoms in total. The number of rotatable bonds is 1. The highest BCUT2D eigenvalue weighted by Gasteiger charge is 2.25. The Morgan fingerprint density at radius 1 is 1.54 bits per heavy atom. The number of alkyl halides is 1. The molecule has 1 aliphatic carbocycles. The van der Waals surface area contributed by atoms with E-state index in [4.69, 9.17) is 0 Å². The molecule has 0 spiro atoms. The number of halogens is 1. The first-order valence-corrected chi connectivity index (χ1v) is 4.82. The molecular weight excluding hydrogens is 165 g/mol. The van der Waals surface area contributed by atoms with Gasteiger partial charge in [0.1, 0.15) is 6.17 Å². The maximum absolute atomic E-state index is 13.3. The molecule has 1 aromatic rings. The van der Waals surface area contributed by atoms with E-state index >= 15 is 0 Å². The lowest BCUT2D eigenvalue weighted by molar-refractivity contribution is 0.337. The van der Waals surface area contributed by atoms with Gasteiger partial charge in [-0.2, -0.15) is 0 Å². The second kappa shape index (κ2) is 3.09. The van der Waals surface area contributed by atoms with E-state index in [0.29, 0.717) is 18.0 Å². The molecule has 1 atom stereocenters. The second-order valence-electron chi connectivity index (χ2n) is 3.92. The summed E-state index contributed by atoms with van der Waals surface area (Å²) in [5.41, 5.74) is 3.11. The average Bonchev–Trinajstić information content (AvgIpc) is 2.48. The lowest BCUT2D eigenvalue weighted by Gasteiger charge is -2.10. The van der Waals surface area contributed by atoms with Crippen LogP contribution in [0.15, 0.2) is 12.3 Å². The Morgan fingerprint density at radius 3 is 3.00 bits per heavy atom. The predicted molar refractivity (Wildman–Crippen MR) is 50.5 cm³/mol. The normalized spacial score (nSPS) is 20.8. The zero-order valence-electron chi connectivity index (χ0n) is 8.05. The van der Waals surface area contributed by atoms with Crippen LogP contribution in [0.25, 0.3) is 0 Å². The molecule has 2 rings (SSSR count). The minimum Gasteiger partial charge on any atom is -0.258 e. The first kappa shape index (κ1) is 8.67. The van der Waals surface area contributed by atoms with Crippen LogP contribution in [0.2, 0.25) is 0 Å². The van der Waals surface area contributed by atoms with Gasteiger partial charge in [-0.25, -0.2) is 4.39 Å². The third kappa shape index (κ3) is 1.34. The van der Waals surface area contributed by atoms with Crippen molar-refractivity contribution in [3.05, 3.63) is 29.1 Å². The van der Waals surface area contributed by atoms with Gasteiger partial charge in [0.15, 0.2) is 0 Å². The summed E-state index contributed by atoms with van der Waals surface area (Å²) in [5.74, 6) is 0.474. The van der Waals surface area contributed by atoms with E-state index in [1.54, 1.807) is 6.20 Å². The van der Waals surface area contributed by atoms with Crippen molar-refractivity contribution in [2.45, 2.75) is 38.8 Å². The number of hydrogen-bond acceptors (Lipinski definition) is 1. The molecular formula is C11H14FN. The zero-order valence-corrected chi connectivity index (χ0v) is 8.05. The van der Waals surface area contributed by atoms with E-state index in [1.165, 1.54) is 5.56 Å². The van der Waals surface area contributed by atoms with Gasteiger partial charge >= 0.3 is 0 Å². The van der Waals surface area contributed by atoms with Gasteiger partial charge in [-0.15, -0.1) is 0 Å². The Morgan fingerprint density at radius 2 is 2.31 bits per heavy atom. The van der Waals surface area contributed by atoms with Crippen LogP contribution in [0, 0.1) is 0 Å².